The van der Waals surface area contributed by atoms with Gasteiger partial charge in [-0.15, -0.1) is 13.2 Å². The van der Waals surface area contributed by atoms with Crippen LogP contribution in [0, 0.1) is 5.92 Å². The number of hydrogen-bond acceptors (Lipinski definition) is 3. The van der Waals surface area contributed by atoms with Gasteiger partial charge in [0.25, 0.3) is 0 Å². The van der Waals surface area contributed by atoms with Gasteiger partial charge in [-0.2, -0.15) is 0 Å². The second kappa shape index (κ2) is 5.85. The van der Waals surface area contributed by atoms with Crippen molar-refractivity contribution in [2.45, 2.75) is 41.7 Å². The zero-order valence-corrected chi connectivity index (χ0v) is 12.8. The lowest BCUT2D eigenvalue weighted by Crippen LogP contribution is -2.37. The fourth-order valence-corrected chi connectivity index (χ4v) is 5.08. The molecule has 1 aliphatic heterocycles. The summed E-state index contributed by atoms with van der Waals surface area (Å²) in [6.45, 7) is 1.89. The van der Waals surface area contributed by atoms with E-state index in [-0.39, 0.29) is 10.5 Å². The monoisotopic (exact) mass is 333 g/mol. The highest BCUT2D eigenvalue weighted by Crippen LogP contribution is 2.52. The topological polar surface area (TPSA) is 38.3 Å². The van der Waals surface area contributed by atoms with E-state index in [4.69, 9.17) is 0 Å². The van der Waals surface area contributed by atoms with Crippen LogP contribution in [0.3, 0.4) is 0 Å². The highest BCUT2D eigenvalue weighted by Gasteiger charge is 2.54. The van der Waals surface area contributed by atoms with E-state index < -0.39 is 17.2 Å². The maximum Gasteiger partial charge on any atom is 0.573 e. The van der Waals surface area contributed by atoms with Crippen LogP contribution in [-0.2, 0) is 10.8 Å². The molecular formula is C15H18F3NO2S. The molecule has 1 unspecified atom stereocenters. The molecule has 22 heavy (non-hydrogen) atoms. The van der Waals surface area contributed by atoms with Crippen molar-refractivity contribution in [1.82, 2.24) is 5.32 Å². The largest absolute Gasteiger partial charge is 0.573 e. The molecule has 7 heteroatoms. The molecule has 1 atom stereocenters. The van der Waals surface area contributed by atoms with Gasteiger partial charge in [-0.3, -0.25) is 4.21 Å². The van der Waals surface area contributed by atoms with Crippen molar-refractivity contribution in [3.63, 3.8) is 0 Å². The normalized spacial score (nSPS) is 23.0. The van der Waals surface area contributed by atoms with Crippen LogP contribution in [0.5, 0.6) is 5.75 Å². The lowest BCUT2D eigenvalue weighted by molar-refractivity contribution is -0.274. The van der Waals surface area contributed by atoms with Crippen molar-refractivity contribution in [3.05, 3.63) is 24.3 Å². The van der Waals surface area contributed by atoms with E-state index in [1.165, 1.54) is 24.3 Å². The molecule has 3 rings (SSSR count). The van der Waals surface area contributed by atoms with E-state index in [2.05, 4.69) is 10.1 Å². The molecule has 0 spiro atoms. The number of piperidine rings is 1. The van der Waals surface area contributed by atoms with Gasteiger partial charge in [0.05, 0.1) is 15.5 Å². The van der Waals surface area contributed by atoms with Gasteiger partial charge in [0, 0.05) is 4.90 Å². The Morgan fingerprint density at radius 2 is 1.73 bits per heavy atom. The highest BCUT2D eigenvalue weighted by atomic mass is 32.2. The summed E-state index contributed by atoms with van der Waals surface area (Å²) >= 11 is 0. The standard InChI is InChI=1S/C15H18F3NO2S/c16-15(17,18)21-12-1-3-13(4-2-12)22(20)14(7-8-14)11-5-9-19-10-6-11/h1-4,11,19H,5-10H2. The minimum Gasteiger partial charge on any atom is -0.406 e. The molecule has 1 saturated heterocycles. The molecule has 1 aliphatic carbocycles. The average Bonchev–Trinajstić information content (AvgIpc) is 3.28. The average molecular weight is 333 g/mol. The van der Waals surface area contributed by atoms with Crippen molar-refractivity contribution < 1.29 is 22.1 Å². The summed E-state index contributed by atoms with van der Waals surface area (Å²) in [7, 11) is -1.18. The molecule has 0 bridgehead atoms. The van der Waals surface area contributed by atoms with Crippen molar-refractivity contribution in [2.24, 2.45) is 5.92 Å². The quantitative estimate of drug-likeness (QED) is 0.919. The zero-order valence-electron chi connectivity index (χ0n) is 12.0. The number of nitrogens with one attached hydrogen (secondary N) is 1. The number of halogens is 3. The third-order valence-corrected chi connectivity index (χ3v) is 6.65. The second-order valence-corrected chi connectivity index (χ2v) is 7.70. The van der Waals surface area contributed by atoms with Gasteiger partial charge < -0.3 is 10.1 Å². The fourth-order valence-electron chi connectivity index (χ4n) is 3.22. The van der Waals surface area contributed by atoms with Gasteiger partial charge >= 0.3 is 6.36 Å². The molecule has 0 amide bonds. The van der Waals surface area contributed by atoms with Crippen LogP contribution in [0.15, 0.2) is 29.2 Å². The molecule has 0 aromatic heterocycles. The first-order valence-corrected chi connectivity index (χ1v) is 8.54. The SMILES string of the molecule is O=S(c1ccc(OC(F)(F)F)cc1)C1(C2CCNCC2)CC1. The van der Waals surface area contributed by atoms with Crippen LogP contribution in [0.4, 0.5) is 13.2 Å². The number of alkyl halides is 3. The van der Waals surface area contributed by atoms with E-state index >= 15 is 0 Å². The van der Waals surface area contributed by atoms with Gasteiger partial charge in [-0.25, -0.2) is 0 Å². The Kier molecular flexibility index (Phi) is 4.20. The number of hydrogen-bond donors (Lipinski definition) is 1. The second-order valence-electron chi connectivity index (χ2n) is 5.88. The molecule has 1 N–H and O–H groups in total. The molecule has 1 saturated carbocycles. The molecule has 1 aromatic rings. The van der Waals surface area contributed by atoms with Crippen molar-refractivity contribution in [2.75, 3.05) is 13.1 Å². The van der Waals surface area contributed by atoms with Crippen molar-refractivity contribution in [3.8, 4) is 5.75 Å². The maximum atomic E-state index is 12.9. The molecule has 2 fully saturated rings. The van der Waals surface area contributed by atoms with E-state index in [0.717, 1.165) is 38.8 Å². The maximum absolute atomic E-state index is 12.9. The number of ether oxygens (including phenoxy) is 1. The van der Waals surface area contributed by atoms with E-state index in [1.807, 2.05) is 0 Å². The number of benzene rings is 1. The van der Waals surface area contributed by atoms with Crippen LogP contribution in [0.25, 0.3) is 0 Å². The first-order chi connectivity index (χ1) is 10.4. The third-order valence-electron chi connectivity index (χ3n) is 4.47. The smallest absolute Gasteiger partial charge is 0.406 e. The Hall–Kier alpha value is -1.08. The first-order valence-electron chi connectivity index (χ1n) is 7.39. The van der Waals surface area contributed by atoms with Crippen LogP contribution < -0.4 is 10.1 Å². The van der Waals surface area contributed by atoms with Gasteiger partial charge in [-0.1, -0.05) is 0 Å². The van der Waals surface area contributed by atoms with Crippen molar-refractivity contribution >= 4 is 10.8 Å². The van der Waals surface area contributed by atoms with E-state index in [1.54, 1.807) is 0 Å². The summed E-state index contributed by atoms with van der Waals surface area (Å²) in [6, 6.07) is 5.44. The summed E-state index contributed by atoms with van der Waals surface area (Å²) in [6.07, 6.45) is -0.800. The van der Waals surface area contributed by atoms with E-state index in [9.17, 15) is 17.4 Å². The molecule has 1 aromatic carbocycles. The van der Waals surface area contributed by atoms with Gasteiger partial charge in [0.2, 0.25) is 0 Å². The van der Waals surface area contributed by atoms with Gasteiger partial charge in [0.1, 0.15) is 5.75 Å². The summed E-state index contributed by atoms with van der Waals surface area (Å²) < 4.78 is 53.0. The lowest BCUT2D eigenvalue weighted by Gasteiger charge is -2.30. The summed E-state index contributed by atoms with van der Waals surface area (Å²) in [5.74, 6) is 0.153. The van der Waals surface area contributed by atoms with Gasteiger partial charge in [0.15, 0.2) is 0 Å². The Balaban J connectivity index is 1.72. The van der Waals surface area contributed by atoms with Crippen LogP contribution in [0.1, 0.15) is 25.7 Å². The molecule has 3 nitrogen and oxygen atoms in total. The Morgan fingerprint density at radius 3 is 2.23 bits per heavy atom. The van der Waals surface area contributed by atoms with E-state index in [0.29, 0.717) is 10.8 Å². The predicted octanol–water partition coefficient (Wildman–Crippen LogP) is 3.23. The highest BCUT2D eigenvalue weighted by molar-refractivity contribution is 7.86. The van der Waals surface area contributed by atoms with Crippen LogP contribution >= 0.6 is 0 Å². The Bertz CT molecular complexity index is 549. The fraction of sp³-hybridized carbons (Fsp3) is 0.600. The van der Waals surface area contributed by atoms with Crippen LogP contribution in [0.2, 0.25) is 0 Å². The number of rotatable bonds is 4. The Labute approximate surface area is 129 Å². The summed E-state index contributed by atoms with van der Waals surface area (Å²) in [5, 5.41) is 3.30. The minimum atomic E-state index is -4.70. The molecular weight excluding hydrogens is 315 g/mol. The lowest BCUT2D eigenvalue weighted by atomic mass is 9.93. The van der Waals surface area contributed by atoms with Crippen LogP contribution in [-0.4, -0.2) is 28.4 Å². The predicted molar refractivity (Wildman–Crippen MR) is 77.1 cm³/mol. The molecule has 0 radical (unpaired) electrons. The zero-order chi connectivity index (χ0) is 15.8. The Morgan fingerprint density at radius 1 is 1.14 bits per heavy atom. The summed E-state index contributed by atoms with van der Waals surface area (Å²) in [4.78, 5) is 0.588. The van der Waals surface area contributed by atoms with Crippen molar-refractivity contribution in [1.29, 1.82) is 0 Å². The molecule has 2 aliphatic rings. The minimum absolute atomic E-state index is 0.172. The molecule has 122 valence electrons. The third kappa shape index (κ3) is 3.30. The molecule has 1 heterocycles. The first kappa shape index (κ1) is 15.8. The van der Waals surface area contributed by atoms with Gasteiger partial charge in [-0.05, 0) is 69.0 Å². The summed E-state index contributed by atoms with van der Waals surface area (Å²) in [5.41, 5.74) is 0.